The van der Waals surface area contributed by atoms with E-state index in [2.05, 4.69) is 15.8 Å². The standard InChI is InChI=1S/C8H12N4O2/c9-7-5(4-1-2-10-3-4)6(8(13)14)11-12-7/h1-3,5-7,10-12H,9H2,(H,13,14). The van der Waals surface area contributed by atoms with Gasteiger partial charge in [0.1, 0.15) is 6.04 Å². The quantitative estimate of drug-likeness (QED) is 0.415. The van der Waals surface area contributed by atoms with E-state index in [0.29, 0.717) is 0 Å². The first-order valence-electron chi connectivity index (χ1n) is 4.32. The Morgan fingerprint density at radius 1 is 1.50 bits per heavy atom. The molecule has 0 saturated carbocycles. The highest BCUT2D eigenvalue weighted by Crippen LogP contribution is 2.24. The fourth-order valence-electron chi connectivity index (χ4n) is 1.73. The van der Waals surface area contributed by atoms with Crippen LogP contribution in [0.1, 0.15) is 11.5 Å². The first kappa shape index (κ1) is 9.20. The van der Waals surface area contributed by atoms with Gasteiger partial charge in [0.05, 0.1) is 6.17 Å². The van der Waals surface area contributed by atoms with Crippen LogP contribution in [0.4, 0.5) is 0 Å². The Labute approximate surface area is 80.5 Å². The van der Waals surface area contributed by atoms with Crippen molar-refractivity contribution in [2.24, 2.45) is 5.73 Å². The lowest BCUT2D eigenvalue weighted by Crippen LogP contribution is -2.39. The smallest absolute Gasteiger partial charge is 0.322 e. The third-order valence-electron chi connectivity index (χ3n) is 2.42. The van der Waals surface area contributed by atoms with Gasteiger partial charge in [-0.1, -0.05) is 0 Å². The fourth-order valence-corrected chi connectivity index (χ4v) is 1.73. The van der Waals surface area contributed by atoms with Crippen molar-refractivity contribution in [3.05, 3.63) is 24.0 Å². The van der Waals surface area contributed by atoms with E-state index < -0.39 is 12.0 Å². The number of nitrogens with one attached hydrogen (secondary N) is 3. The minimum atomic E-state index is -0.906. The summed E-state index contributed by atoms with van der Waals surface area (Å²) in [6.07, 6.45) is 3.13. The minimum Gasteiger partial charge on any atom is -0.480 e. The molecular weight excluding hydrogens is 184 g/mol. The maximum absolute atomic E-state index is 10.9. The van der Waals surface area contributed by atoms with Gasteiger partial charge in [-0.2, -0.15) is 0 Å². The molecule has 6 N–H and O–H groups in total. The molecule has 6 nitrogen and oxygen atoms in total. The van der Waals surface area contributed by atoms with E-state index in [0.717, 1.165) is 5.56 Å². The number of carbonyl (C=O) groups is 1. The zero-order valence-electron chi connectivity index (χ0n) is 7.40. The first-order chi connectivity index (χ1) is 6.70. The summed E-state index contributed by atoms with van der Waals surface area (Å²) in [4.78, 5) is 13.8. The summed E-state index contributed by atoms with van der Waals surface area (Å²) < 4.78 is 0. The van der Waals surface area contributed by atoms with Crippen molar-refractivity contribution in [2.75, 3.05) is 0 Å². The summed E-state index contributed by atoms with van der Waals surface area (Å²) in [5.74, 6) is -1.16. The number of rotatable bonds is 2. The molecule has 0 bridgehead atoms. The fraction of sp³-hybridized carbons (Fsp3) is 0.375. The Kier molecular flexibility index (Phi) is 2.24. The maximum Gasteiger partial charge on any atom is 0.322 e. The zero-order valence-corrected chi connectivity index (χ0v) is 7.40. The molecule has 3 unspecified atom stereocenters. The van der Waals surface area contributed by atoms with Crippen LogP contribution in [0.15, 0.2) is 18.5 Å². The lowest BCUT2D eigenvalue weighted by molar-refractivity contribution is -0.139. The van der Waals surface area contributed by atoms with E-state index in [1.54, 1.807) is 12.4 Å². The second kappa shape index (κ2) is 3.41. The van der Waals surface area contributed by atoms with E-state index in [4.69, 9.17) is 10.8 Å². The minimum absolute atomic E-state index is 0.251. The topological polar surface area (TPSA) is 103 Å². The molecule has 1 aliphatic rings. The van der Waals surface area contributed by atoms with Crippen LogP contribution in [-0.4, -0.2) is 28.3 Å². The number of hydrogen-bond donors (Lipinski definition) is 5. The molecule has 1 saturated heterocycles. The van der Waals surface area contributed by atoms with Crippen LogP contribution < -0.4 is 16.6 Å². The molecule has 0 radical (unpaired) electrons. The molecular formula is C8H12N4O2. The molecule has 2 rings (SSSR count). The van der Waals surface area contributed by atoms with Crippen molar-refractivity contribution < 1.29 is 9.90 Å². The highest BCUT2D eigenvalue weighted by atomic mass is 16.4. The number of hydrazine groups is 1. The molecule has 14 heavy (non-hydrogen) atoms. The predicted octanol–water partition coefficient (Wildman–Crippen LogP) is -1.06. The van der Waals surface area contributed by atoms with Gasteiger partial charge in [0, 0.05) is 18.3 Å². The van der Waals surface area contributed by atoms with E-state index in [9.17, 15) is 4.79 Å². The lowest BCUT2D eigenvalue weighted by Gasteiger charge is -2.15. The van der Waals surface area contributed by atoms with Crippen molar-refractivity contribution in [3.8, 4) is 0 Å². The number of aliphatic carboxylic acids is 1. The number of hydrogen-bond acceptors (Lipinski definition) is 4. The van der Waals surface area contributed by atoms with Crippen molar-refractivity contribution in [2.45, 2.75) is 18.1 Å². The molecule has 0 aliphatic carbocycles. The van der Waals surface area contributed by atoms with E-state index in [1.807, 2.05) is 6.07 Å². The largest absolute Gasteiger partial charge is 0.480 e. The number of carboxylic acids is 1. The molecule has 1 aliphatic heterocycles. The van der Waals surface area contributed by atoms with Gasteiger partial charge in [-0.15, -0.1) is 0 Å². The summed E-state index contributed by atoms with van der Waals surface area (Å²) in [5, 5.41) is 8.93. The van der Waals surface area contributed by atoms with Crippen LogP contribution in [0.3, 0.4) is 0 Å². The molecule has 2 heterocycles. The van der Waals surface area contributed by atoms with Gasteiger partial charge in [0.15, 0.2) is 0 Å². The molecule has 1 fully saturated rings. The maximum atomic E-state index is 10.9. The van der Waals surface area contributed by atoms with E-state index in [-0.39, 0.29) is 12.1 Å². The first-order valence-corrected chi connectivity index (χ1v) is 4.32. The molecule has 3 atom stereocenters. The molecule has 0 aromatic carbocycles. The monoisotopic (exact) mass is 196 g/mol. The Hall–Kier alpha value is -1.37. The highest BCUT2D eigenvalue weighted by Gasteiger charge is 2.39. The van der Waals surface area contributed by atoms with Gasteiger partial charge in [0.25, 0.3) is 0 Å². The molecule has 0 amide bonds. The highest BCUT2D eigenvalue weighted by molar-refractivity contribution is 5.75. The van der Waals surface area contributed by atoms with Crippen LogP contribution >= 0.6 is 0 Å². The third-order valence-corrected chi connectivity index (χ3v) is 2.42. The normalized spacial score (nSPS) is 31.9. The Bertz CT molecular complexity index is 324. The summed E-state index contributed by atoms with van der Waals surface area (Å²) in [7, 11) is 0. The summed E-state index contributed by atoms with van der Waals surface area (Å²) in [5.41, 5.74) is 12.0. The van der Waals surface area contributed by atoms with Crippen LogP contribution in [0.25, 0.3) is 0 Å². The number of aromatic nitrogens is 1. The molecule has 1 aromatic rings. The van der Waals surface area contributed by atoms with E-state index >= 15 is 0 Å². The van der Waals surface area contributed by atoms with Crippen LogP contribution in [0, 0.1) is 0 Å². The Morgan fingerprint density at radius 3 is 2.86 bits per heavy atom. The van der Waals surface area contributed by atoms with Crippen molar-refractivity contribution in [1.82, 2.24) is 15.8 Å². The lowest BCUT2D eigenvalue weighted by atomic mass is 9.93. The molecule has 76 valence electrons. The van der Waals surface area contributed by atoms with Gasteiger partial charge in [0.2, 0.25) is 0 Å². The van der Waals surface area contributed by atoms with Crippen molar-refractivity contribution in [3.63, 3.8) is 0 Å². The van der Waals surface area contributed by atoms with Crippen molar-refractivity contribution in [1.29, 1.82) is 0 Å². The van der Waals surface area contributed by atoms with Gasteiger partial charge in [-0.05, 0) is 11.6 Å². The summed E-state index contributed by atoms with van der Waals surface area (Å²) >= 11 is 0. The van der Waals surface area contributed by atoms with Crippen LogP contribution in [-0.2, 0) is 4.79 Å². The third kappa shape index (κ3) is 1.39. The van der Waals surface area contributed by atoms with Crippen LogP contribution in [0.2, 0.25) is 0 Å². The molecule has 1 aromatic heterocycles. The van der Waals surface area contributed by atoms with Gasteiger partial charge in [-0.3, -0.25) is 4.79 Å². The summed E-state index contributed by atoms with van der Waals surface area (Å²) in [6.45, 7) is 0. The number of H-pyrrole nitrogens is 1. The van der Waals surface area contributed by atoms with Gasteiger partial charge < -0.3 is 15.8 Å². The average molecular weight is 196 g/mol. The van der Waals surface area contributed by atoms with Gasteiger partial charge in [-0.25, -0.2) is 10.9 Å². The number of aromatic amines is 1. The zero-order chi connectivity index (χ0) is 10.1. The van der Waals surface area contributed by atoms with Gasteiger partial charge >= 0.3 is 5.97 Å². The Balaban J connectivity index is 2.26. The van der Waals surface area contributed by atoms with E-state index in [1.165, 1.54) is 0 Å². The number of carboxylic acid groups (broad SMARTS) is 1. The summed E-state index contributed by atoms with van der Waals surface area (Å²) in [6, 6.07) is 1.15. The molecule has 6 heteroatoms. The average Bonchev–Trinajstić information content (AvgIpc) is 2.71. The second-order valence-corrected chi connectivity index (χ2v) is 3.30. The van der Waals surface area contributed by atoms with Crippen molar-refractivity contribution >= 4 is 5.97 Å². The molecule has 0 spiro atoms. The SMILES string of the molecule is NC1NNC(C(=O)O)C1c1cc[nH]c1. The number of nitrogens with two attached hydrogens (primary N) is 1. The Morgan fingerprint density at radius 2 is 2.29 bits per heavy atom. The predicted molar refractivity (Wildman–Crippen MR) is 49.2 cm³/mol. The van der Waals surface area contributed by atoms with Crippen LogP contribution in [0.5, 0.6) is 0 Å². The second-order valence-electron chi connectivity index (χ2n) is 3.30.